The van der Waals surface area contributed by atoms with Crippen LogP contribution in [-0.2, 0) is 10.5 Å². The second-order valence-electron chi connectivity index (χ2n) is 4.96. The summed E-state index contributed by atoms with van der Waals surface area (Å²) in [6.45, 7) is 2.07. The van der Waals surface area contributed by atoms with Crippen LogP contribution in [0.4, 0.5) is 10.8 Å². The standard InChI is InChI=1S/C15H15N5OS4/c1-9-4-2-3-5-11(9)18-13-17-10(6-22-13)7-23-14-19-20-15(25-14)24-8-12(16)21/h2-6H,7-8H2,1H3,(H2,16,21)(H,17,18). The van der Waals surface area contributed by atoms with Crippen molar-refractivity contribution >= 4 is 62.9 Å². The molecule has 3 N–H and O–H groups in total. The van der Waals surface area contributed by atoms with E-state index >= 15 is 0 Å². The molecule has 2 aromatic heterocycles. The molecule has 0 saturated carbocycles. The molecular weight excluding hydrogens is 394 g/mol. The summed E-state index contributed by atoms with van der Waals surface area (Å²) in [5.41, 5.74) is 8.37. The van der Waals surface area contributed by atoms with Crippen molar-refractivity contribution in [2.75, 3.05) is 11.1 Å². The maximum atomic E-state index is 10.8. The molecule has 1 aromatic carbocycles. The van der Waals surface area contributed by atoms with Crippen molar-refractivity contribution < 1.29 is 4.79 Å². The predicted molar refractivity (Wildman–Crippen MR) is 106 cm³/mol. The molecule has 0 unspecified atom stereocenters. The lowest BCUT2D eigenvalue weighted by Gasteiger charge is -2.05. The zero-order valence-electron chi connectivity index (χ0n) is 13.3. The average molecular weight is 410 g/mol. The average Bonchev–Trinajstić information content (AvgIpc) is 3.22. The van der Waals surface area contributed by atoms with E-state index < -0.39 is 0 Å². The molecule has 0 bridgehead atoms. The Hall–Kier alpha value is -1.62. The molecular formula is C15H15N5OS4. The number of hydrogen-bond acceptors (Lipinski definition) is 9. The SMILES string of the molecule is Cc1ccccc1Nc1nc(CSc2nnc(SCC(N)=O)s2)cs1. The Balaban J connectivity index is 1.53. The van der Waals surface area contributed by atoms with Crippen LogP contribution in [0.25, 0.3) is 0 Å². The number of hydrogen-bond donors (Lipinski definition) is 2. The first kappa shape index (κ1) is 18.2. The topological polar surface area (TPSA) is 93.8 Å². The van der Waals surface area contributed by atoms with E-state index in [0.717, 1.165) is 30.9 Å². The first-order valence-corrected chi connectivity index (χ1v) is 10.9. The molecule has 0 fully saturated rings. The molecule has 0 aliphatic heterocycles. The minimum Gasteiger partial charge on any atom is -0.369 e. The van der Waals surface area contributed by atoms with Crippen molar-refractivity contribution in [2.45, 2.75) is 21.4 Å². The van der Waals surface area contributed by atoms with Gasteiger partial charge in [-0.15, -0.1) is 21.5 Å². The summed E-state index contributed by atoms with van der Waals surface area (Å²) in [6.07, 6.45) is 0. The summed E-state index contributed by atoms with van der Waals surface area (Å²) >= 11 is 5.94. The number of anilines is 2. The number of rotatable bonds is 8. The van der Waals surface area contributed by atoms with E-state index in [1.165, 1.54) is 28.7 Å². The number of para-hydroxylation sites is 1. The van der Waals surface area contributed by atoms with Crippen LogP contribution in [-0.4, -0.2) is 26.8 Å². The Morgan fingerprint density at radius 3 is 2.76 bits per heavy atom. The van der Waals surface area contributed by atoms with E-state index in [1.807, 2.05) is 23.6 Å². The van der Waals surface area contributed by atoms with Crippen molar-refractivity contribution in [3.05, 3.63) is 40.9 Å². The summed E-state index contributed by atoms with van der Waals surface area (Å²) in [7, 11) is 0. The maximum absolute atomic E-state index is 10.8. The highest BCUT2D eigenvalue weighted by Gasteiger charge is 2.09. The summed E-state index contributed by atoms with van der Waals surface area (Å²) in [5.74, 6) is 0.589. The fraction of sp³-hybridized carbons (Fsp3) is 0.200. The van der Waals surface area contributed by atoms with Crippen molar-refractivity contribution in [1.82, 2.24) is 15.2 Å². The molecule has 3 aromatic rings. The number of aromatic nitrogens is 3. The number of thioether (sulfide) groups is 2. The van der Waals surface area contributed by atoms with Crippen LogP contribution in [0.2, 0.25) is 0 Å². The Bertz CT molecular complexity index is 863. The number of aryl methyl sites for hydroxylation is 1. The van der Waals surface area contributed by atoms with E-state index in [1.54, 1.807) is 23.1 Å². The van der Waals surface area contributed by atoms with Gasteiger partial charge in [0, 0.05) is 16.8 Å². The van der Waals surface area contributed by atoms with Gasteiger partial charge < -0.3 is 11.1 Å². The number of carbonyl (C=O) groups excluding carboxylic acids is 1. The van der Waals surface area contributed by atoms with Gasteiger partial charge in [-0.05, 0) is 18.6 Å². The second-order valence-corrected chi connectivity index (χ2v) is 9.24. The van der Waals surface area contributed by atoms with Crippen LogP contribution in [0.3, 0.4) is 0 Å². The molecule has 1 amide bonds. The number of carbonyl (C=O) groups is 1. The van der Waals surface area contributed by atoms with Crippen molar-refractivity contribution in [1.29, 1.82) is 0 Å². The maximum Gasteiger partial charge on any atom is 0.227 e. The van der Waals surface area contributed by atoms with E-state index in [9.17, 15) is 4.79 Å². The third kappa shape index (κ3) is 5.43. The smallest absolute Gasteiger partial charge is 0.227 e. The van der Waals surface area contributed by atoms with E-state index in [4.69, 9.17) is 5.73 Å². The molecule has 130 valence electrons. The molecule has 25 heavy (non-hydrogen) atoms. The number of nitrogens with two attached hydrogens (primary N) is 1. The molecule has 3 rings (SSSR count). The quantitative estimate of drug-likeness (QED) is 0.545. The van der Waals surface area contributed by atoms with Crippen LogP contribution in [0, 0.1) is 6.92 Å². The lowest BCUT2D eigenvalue weighted by molar-refractivity contribution is -0.115. The van der Waals surface area contributed by atoms with E-state index in [-0.39, 0.29) is 11.7 Å². The summed E-state index contributed by atoms with van der Waals surface area (Å²) in [5, 5.41) is 14.4. The Morgan fingerprint density at radius 1 is 1.24 bits per heavy atom. The number of benzene rings is 1. The Kier molecular flexibility index (Phi) is 6.29. The van der Waals surface area contributed by atoms with Crippen molar-refractivity contribution in [2.24, 2.45) is 5.73 Å². The van der Waals surface area contributed by atoms with Gasteiger partial charge in [0.15, 0.2) is 13.8 Å². The summed E-state index contributed by atoms with van der Waals surface area (Å²) in [4.78, 5) is 15.4. The lowest BCUT2D eigenvalue weighted by Crippen LogP contribution is -2.12. The highest BCUT2D eigenvalue weighted by molar-refractivity contribution is 8.03. The number of primary amides is 1. The first-order chi connectivity index (χ1) is 12.1. The number of nitrogens with one attached hydrogen (secondary N) is 1. The summed E-state index contributed by atoms with van der Waals surface area (Å²) < 4.78 is 1.61. The minimum atomic E-state index is -0.356. The third-order valence-corrected chi connectivity index (χ3v) is 7.06. The van der Waals surface area contributed by atoms with Crippen LogP contribution in [0.5, 0.6) is 0 Å². The molecule has 0 saturated heterocycles. The molecule has 0 aliphatic carbocycles. The van der Waals surface area contributed by atoms with Gasteiger partial charge in [-0.2, -0.15) is 0 Å². The van der Waals surface area contributed by atoms with Crippen molar-refractivity contribution in [3.8, 4) is 0 Å². The highest BCUT2D eigenvalue weighted by atomic mass is 32.2. The Labute approximate surface area is 161 Å². The molecule has 2 heterocycles. The third-order valence-electron chi connectivity index (χ3n) is 3.01. The van der Waals surface area contributed by atoms with Crippen LogP contribution in [0.1, 0.15) is 11.3 Å². The van der Waals surface area contributed by atoms with Gasteiger partial charge in [0.05, 0.1) is 11.4 Å². The minimum absolute atomic E-state index is 0.222. The van der Waals surface area contributed by atoms with Crippen LogP contribution >= 0.6 is 46.2 Å². The van der Waals surface area contributed by atoms with Gasteiger partial charge >= 0.3 is 0 Å². The highest BCUT2D eigenvalue weighted by Crippen LogP contribution is 2.31. The zero-order chi connectivity index (χ0) is 17.6. The number of amides is 1. The van der Waals surface area contributed by atoms with Gasteiger partial charge in [-0.25, -0.2) is 4.98 Å². The largest absolute Gasteiger partial charge is 0.369 e. The fourth-order valence-corrected chi connectivity index (χ4v) is 5.32. The Morgan fingerprint density at radius 2 is 2.00 bits per heavy atom. The number of nitrogens with zero attached hydrogens (tertiary/aromatic N) is 3. The number of thiazole rings is 1. The van der Waals surface area contributed by atoms with Gasteiger partial charge in [0.2, 0.25) is 5.91 Å². The van der Waals surface area contributed by atoms with Gasteiger partial charge in [0.1, 0.15) is 0 Å². The van der Waals surface area contributed by atoms with Crippen LogP contribution in [0.15, 0.2) is 38.3 Å². The molecule has 0 atom stereocenters. The van der Waals surface area contributed by atoms with Gasteiger partial charge in [0.25, 0.3) is 0 Å². The lowest BCUT2D eigenvalue weighted by atomic mass is 10.2. The zero-order valence-corrected chi connectivity index (χ0v) is 16.5. The second kappa shape index (κ2) is 8.65. The molecule has 0 aliphatic rings. The molecule has 0 spiro atoms. The fourth-order valence-electron chi connectivity index (χ4n) is 1.84. The molecule has 0 radical (unpaired) electrons. The normalized spacial score (nSPS) is 10.8. The van der Waals surface area contributed by atoms with Crippen LogP contribution < -0.4 is 11.1 Å². The van der Waals surface area contributed by atoms with Gasteiger partial charge in [-0.3, -0.25) is 4.79 Å². The van der Waals surface area contributed by atoms with Crippen molar-refractivity contribution in [3.63, 3.8) is 0 Å². The predicted octanol–water partition coefficient (Wildman–Crippen LogP) is 3.92. The first-order valence-electron chi connectivity index (χ1n) is 7.24. The van der Waals surface area contributed by atoms with E-state index in [2.05, 4.69) is 33.5 Å². The molecule has 6 nitrogen and oxygen atoms in total. The monoisotopic (exact) mass is 409 g/mol. The van der Waals surface area contributed by atoms with E-state index in [0.29, 0.717) is 0 Å². The van der Waals surface area contributed by atoms with Gasteiger partial charge in [-0.1, -0.05) is 53.1 Å². The summed E-state index contributed by atoms with van der Waals surface area (Å²) in [6, 6.07) is 8.12. The molecule has 10 heteroatoms.